The molecule has 0 bridgehead atoms. The van der Waals surface area contributed by atoms with Gasteiger partial charge in [0.05, 0.1) is 23.2 Å². The van der Waals surface area contributed by atoms with Crippen molar-refractivity contribution in [2.45, 2.75) is 37.5 Å². The summed E-state index contributed by atoms with van der Waals surface area (Å²) in [7, 11) is 1.63. The fraction of sp³-hybridized carbons (Fsp3) is 0.481. The molecule has 1 atom stereocenters. The number of anilines is 1. The molecule has 0 aliphatic carbocycles. The van der Waals surface area contributed by atoms with E-state index in [0.29, 0.717) is 45.3 Å². The first-order valence-electron chi connectivity index (χ1n) is 12.6. The van der Waals surface area contributed by atoms with Crippen LogP contribution in [-0.4, -0.2) is 95.2 Å². The molecule has 2 heterocycles. The van der Waals surface area contributed by atoms with Gasteiger partial charge in [0.2, 0.25) is 0 Å². The van der Waals surface area contributed by atoms with Crippen molar-refractivity contribution in [3.05, 3.63) is 62.6 Å². The average molecular weight is 584 g/mol. The number of nitrogens with zero attached hydrogens (tertiary/aromatic N) is 3. The molecule has 8 nitrogen and oxygen atoms in total. The van der Waals surface area contributed by atoms with Crippen molar-refractivity contribution in [3.63, 3.8) is 0 Å². The minimum Gasteiger partial charge on any atom is -0.395 e. The highest BCUT2D eigenvalue weighted by Crippen LogP contribution is 2.33. The third-order valence-electron chi connectivity index (χ3n) is 7.40. The number of likely N-dealkylation sites (tertiary alicyclic amines) is 2. The van der Waals surface area contributed by atoms with Gasteiger partial charge in [-0.05, 0) is 56.2 Å². The van der Waals surface area contributed by atoms with E-state index < -0.39 is 5.60 Å². The molecule has 38 heavy (non-hydrogen) atoms. The van der Waals surface area contributed by atoms with Gasteiger partial charge >= 0.3 is 0 Å². The summed E-state index contributed by atoms with van der Waals surface area (Å²) < 4.78 is 0. The van der Waals surface area contributed by atoms with Gasteiger partial charge in [0.15, 0.2) is 5.60 Å². The fourth-order valence-corrected chi connectivity index (χ4v) is 5.84. The van der Waals surface area contributed by atoms with Crippen molar-refractivity contribution in [3.8, 4) is 0 Å². The van der Waals surface area contributed by atoms with E-state index in [-0.39, 0.29) is 31.0 Å². The van der Waals surface area contributed by atoms with E-state index in [2.05, 4.69) is 10.2 Å². The molecule has 2 amide bonds. The third kappa shape index (κ3) is 6.22. The number of halogens is 3. The van der Waals surface area contributed by atoms with Crippen molar-refractivity contribution in [2.24, 2.45) is 0 Å². The second kappa shape index (κ2) is 12.0. The van der Waals surface area contributed by atoms with Gasteiger partial charge in [-0.2, -0.15) is 0 Å². The lowest BCUT2D eigenvalue weighted by molar-refractivity contribution is -0.152. The van der Waals surface area contributed by atoms with E-state index in [9.17, 15) is 14.7 Å². The van der Waals surface area contributed by atoms with Crippen molar-refractivity contribution in [1.82, 2.24) is 14.7 Å². The molecule has 2 fully saturated rings. The zero-order valence-electron chi connectivity index (χ0n) is 21.5. The first-order valence-corrected chi connectivity index (χ1v) is 13.8. The maximum atomic E-state index is 13.2. The fourth-order valence-electron chi connectivity index (χ4n) is 5.10. The number of hydrogen-bond donors (Lipinski definition) is 3. The predicted octanol–water partition coefficient (Wildman–Crippen LogP) is 3.71. The highest BCUT2D eigenvalue weighted by molar-refractivity contribution is 6.34. The Morgan fingerprint density at radius 1 is 1.08 bits per heavy atom. The molecule has 2 aliphatic heterocycles. The number of nitrogens with one attached hydrogen (secondary N) is 1. The summed E-state index contributed by atoms with van der Waals surface area (Å²) >= 11 is 18.7. The quantitative estimate of drug-likeness (QED) is 0.439. The standard InChI is InChI=1S/C27H33Cl3N4O4/c1-27(38,22-13-17(28)3-6-23(22)29)26(37)33-9-7-20(8-10-33)34-15-19(16-34)31-18-4-5-21(24(30)14-18)25(36)32(2)11-12-35/h3-6,13-14,19-20,31,35,38H,7-12,15-16H2,1-2H3/t27-/m0/s1. The number of amides is 2. The van der Waals surface area contributed by atoms with Crippen LogP contribution >= 0.6 is 34.8 Å². The molecule has 0 spiro atoms. The number of aliphatic hydroxyl groups is 2. The second-order valence-corrected chi connectivity index (χ2v) is 11.4. The van der Waals surface area contributed by atoms with Crippen molar-refractivity contribution < 1.29 is 19.8 Å². The third-order valence-corrected chi connectivity index (χ3v) is 8.28. The van der Waals surface area contributed by atoms with Crippen LogP contribution in [0.1, 0.15) is 35.7 Å². The lowest BCUT2D eigenvalue weighted by Gasteiger charge is -2.48. The van der Waals surface area contributed by atoms with Crippen LogP contribution in [0.25, 0.3) is 0 Å². The van der Waals surface area contributed by atoms with E-state index in [1.54, 1.807) is 36.2 Å². The summed E-state index contributed by atoms with van der Waals surface area (Å²) in [5.41, 5.74) is -0.189. The molecule has 2 saturated heterocycles. The molecule has 0 unspecified atom stereocenters. The zero-order valence-corrected chi connectivity index (χ0v) is 23.7. The molecular formula is C27H33Cl3N4O4. The SMILES string of the molecule is CN(CCO)C(=O)c1ccc(NC2CN(C3CCN(C(=O)[C@@](C)(O)c4cc(Cl)ccc4Cl)CC3)C2)cc1Cl. The van der Waals surface area contributed by atoms with Crippen LogP contribution < -0.4 is 5.32 Å². The van der Waals surface area contributed by atoms with Gasteiger partial charge in [-0.25, -0.2) is 0 Å². The van der Waals surface area contributed by atoms with Crippen LogP contribution in [0.5, 0.6) is 0 Å². The number of carbonyl (C=O) groups is 2. The Morgan fingerprint density at radius 3 is 2.39 bits per heavy atom. The number of rotatable bonds is 8. The number of piperidine rings is 1. The predicted molar refractivity (Wildman–Crippen MR) is 150 cm³/mol. The Hall–Kier alpha value is -2.07. The monoisotopic (exact) mass is 582 g/mol. The average Bonchev–Trinajstić information content (AvgIpc) is 2.87. The van der Waals surface area contributed by atoms with Gasteiger partial charge in [-0.15, -0.1) is 0 Å². The van der Waals surface area contributed by atoms with Gasteiger partial charge in [0.1, 0.15) is 0 Å². The zero-order chi connectivity index (χ0) is 27.6. The molecular weight excluding hydrogens is 551 g/mol. The Labute approximate surface area is 238 Å². The van der Waals surface area contributed by atoms with E-state index in [1.807, 2.05) is 6.07 Å². The highest BCUT2D eigenvalue weighted by atomic mass is 35.5. The number of likely N-dealkylation sites (N-methyl/N-ethyl adjacent to an activating group) is 1. The van der Waals surface area contributed by atoms with Gasteiger partial charge in [0.25, 0.3) is 11.8 Å². The number of benzene rings is 2. The summed E-state index contributed by atoms with van der Waals surface area (Å²) in [5, 5.41) is 24.6. The Kier molecular flexibility index (Phi) is 9.12. The summed E-state index contributed by atoms with van der Waals surface area (Å²) in [6.07, 6.45) is 1.64. The molecule has 4 rings (SSSR count). The number of hydrogen-bond acceptors (Lipinski definition) is 6. The molecule has 11 heteroatoms. The largest absolute Gasteiger partial charge is 0.395 e. The topological polar surface area (TPSA) is 96.4 Å². The van der Waals surface area contributed by atoms with Crippen LogP contribution in [0, 0.1) is 0 Å². The van der Waals surface area contributed by atoms with E-state index in [0.717, 1.165) is 31.6 Å². The highest BCUT2D eigenvalue weighted by Gasteiger charge is 2.41. The molecule has 2 aromatic carbocycles. The molecule has 2 aliphatic rings. The maximum Gasteiger partial charge on any atom is 0.258 e. The minimum atomic E-state index is -1.75. The number of aliphatic hydroxyl groups excluding tert-OH is 1. The molecule has 206 valence electrons. The Balaban J connectivity index is 1.26. The Morgan fingerprint density at radius 2 is 1.76 bits per heavy atom. The molecule has 3 N–H and O–H groups in total. The minimum absolute atomic E-state index is 0.105. The summed E-state index contributed by atoms with van der Waals surface area (Å²) in [4.78, 5) is 31.1. The van der Waals surface area contributed by atoms with Crippen LogP contribution in [-0.2, 0) is 10.4 Å². The number of carbonyl (C=O) groups excluding carboxylic acids is 2. The molecule has 0 aromatic heterocycles. The molecule has 0 radical (unpaired) electrons. The first-order chi connectivity index (χ1) is 18.0. The Bertz CT molecular complexity index is 1180. The van der Waals surface area contributed by atoms with Crippen LogP contribution in [0.2, 0.25) is 15.1 Å². The van der Waals surface area contributed by atoms with E-state index >= 15 is 0 Å². The van der Waals surface area contributed by atoms with Crippen LogP contribution in [0.4, 0.5) is 5.69 Å². The van der Waals surface area contributed by atoms with Crippen LogP contribution in [0.3, 0.4) is 0 Å². The summed E-state index contributed by atoms with van der Waals surface area (Å²) in [6.45, 7) is 4.46. The lowest BCUT2D eigenvalue weighted by Crippen LogP contribution is -2.61. The van der Waals surface area contributed by atoms with Crippen molar-refractivity contribution >= 4 is 52.3 Å². The molecule has 0 saturated carbocycles. The second-order valence-electron chi connectivity index (χ2n) is 10.2. The van der Waals surface area contributed by atoms with Gasteiger partial charge in [0, 0.05) is 67.1 Å². The van der Waals surface area contributed by atoms with E-state index in [4.69, 9.17) is 39.9 Å². The van der Waals surface area contributed by atoms with Gasteiger partial charge in [-0.1, -0.05) is 34.8 Å². The lowest BCUT2D eigenvalue weighted by atomic mass is 9.92. The summed E-state index contributed by atoms with van der Waals surface area (Å²) in [5.74, 6) is -0.600. The van der Waals surface area contributed by atoms with E-state index in [1.165, 1.54) is 17.9 Å². The normalized spacial score (nSPS) is 18.6. The molecule has 2 aromatic rings. The first kappa shape index (κ1) is 28.9. The summed E-state index contributed by atoms with van der Waals surface area (Å²) in [6, 6.07) is 10.7. The maximum absolute atomic E-state index is 13.2. The van der Waals surface area contributed by atoms with Gasteiger partial charge < -0.3 is 25.3 Å². The van der Waals surface area contributed by atoms with Crippen LogP contribution in [0.15, 0.2) is 36.4 Å². The van der Waals surface area contributed by atoms with Crippen molar-refractivity contribution in [2.75, 3.05) is 51.7 Å². The smallest absolute Gasteiger partial charge is 0.258 e. The van der Waals surface area contributed by atoms with Crippen molar-refractivity contribution in [1.29, 1.82) is 0 Å². The van der Waals surface area contributed by atoms with Gasteiger partial charge in [-0.3, -0.25) is 14.5 Å².